The summed E-state index contributed by atoms with van der Waals surface area (Å²) >= 11 is 0. The number of aliphatic carboxylic acids is 1. The number of nitrogens with one attached hydrogen (secondary N) is 2. The van der Waals surface area contributed by atoms with Gasteiger partial charge in [0.2, 0.25) is 11.8 Å². The van der Waals surface area contributed by atoms with Crippen molar-refractivity contribution in [3.8, 4) is 0 Å². The Balaban J connectivity index is 0. The van der Waals surface area contributed by atoms with Crippen LogP contribution in [0.25, 0.3) is 0 Å². The first kappa shape index (κ1) is 18.5. The van der Waals surface area contributed by atoms with Crippen molar-refractivity contribution in [1.29, 1.82) is 0 Å². The average Bonchev–Trinajstić information content (AvgIpc) is 2.16. The first-order chi connectivity index (χ1) is 7.29. The van der Waals surface area contributed by atoms with E-state index in [0.717, 1.165) is 6.08 Å². The second-order valence-electron chi connectivity index (χ2n) is 3.70. The van der Waals surface area contributed by atoms with Gasteiger partial charge in [-0.25, -0.2) is 0 Å². The van der Waals surface area contributed by atoms with E-state index in [9.17, 15) is 19.5 Å². The molecular formula is C10H15N2NaO4. The number of carbonyl (C=O) groups is 3. The van der Waals surface area contributed by atoms with Crippen LogP contribution in [0.3, 0.4) is 0 Å². The Morgan fingerprint density at radius 1 is 1.35 bits per heavy atom. The van der Waals surface area contributed by atoms with Gasteiger partial charge in [0.05, 0.1) is 0 Å². The zero-order chi connectivity index (χ0) is 12.8. The van der Waals surface area contributed by atoms with Crippen molar-refractivity contribution in [3.05, 3.63) is 12.7 Å². The molecule has 7 heteroatoms. The summed E-state index contributed by atoms with van der Waals surface area (Å²) in [4.78, 5) is 32.6. The number of carboxylic acids is 1. The maximum absolute atomic E-state index is 11.5. The number of amides is 2. The number of hydrogen-bond acceptors (Lipinski definition) is 4. The van der Waals surface area contributed by atoms with Crippen LogP contribution in [0.5, 0.6) is 0 Å². The summed E-state index contributed by atoms with van der Waals surface area (Å²) < 4.78 is 0. The van der Waals surface area contributed by atoms with Crippen molar-refractivity contribution in [1.82, 2.24) is 10.6 Å². The first-order valence-corrected chi connectivity index (χ1v) is 4.72. The minimum absolute atomic E-state index is 0. The normalized spacial score (nSPS) is 9.76. The third-order valence-corrected chi connectivity index (χ3v) is 1.80. The van der Waals surface area contributed by atoms with Gasteiger partial charge in [0.1, 0.15) is 5.54 Å². The van der Waals surface area contributed by atoms with Crippen LogP contribution in [0.4, 0.5) is 0 Å². The zero-order valence-electron chi connectivity index (χ0n) is 10.3. The van der Waals surface area contributed by atoms with Crippen molar-refractivity contribution in [2.45, 2.75) is 25.8 Å². The van der Waals surface area contributed by atoms with E-state index in [1.807, 2.05) is 0 Å². The molecule has 90 valence electrons. The molecule has 0 unspecified atom stereocenters. The summed E-state index contributed by atoms with van der Waals surface area (Å²) in [7, 11) is 0. The summed E-state index contributed by atoms with van der Waals surface area (Å²) in [6.45, 7) is 6.23. The van der Waals surface area contributed by atoms with Crippen LogP contribution in [-0.2, 0) is 14.4 Å². The molecule has 0 spiro atoms. The summed E-state index contributed by atoms with van der Waals surface area (Å²) in [5.41, 5.74) is -1.11. The Hall–Kier alpha value is -0.850. The van der Waals surface area contributed by atoms with E-state index in [2.05, 4.69) is 17.2 Å². The predicted molar refractivity (Wildman–Crippen MR) is 55.1 cm³/mol. The fraction of sp³-hybridized carbons (Fsp3) is 0.500. The van der Waals surface area contributed by atoms with Gasteiger partial charge in [-0.2, -0.15) is 0 Å². The summed E-state index contributed by atoms with van der Waals surface area (Å²) in [6.07, 6.45) is 0.785. The van der Waals surface area contributed by atoms with Crippen molar-refractivity contribution in [3.63, 3.8) is 0 Å². The predicted octanol–water partition coefficient (Wildman–Crippen LogP) is -4.67. The topological polar surface area (TPSA) is 98.3 Å². The molecule has 17 heavy (non-hydrogen) atoms. The molecule has 0 aromatic heterocycles. The second kappa shape index (κ2) is 8.27. The molecule has 0 atom stereocenters. The minimum atomic E-state index is -1.24. The van der Waals surface area contributed by atoms with Crippen LogP contribution >= 0.6 is 0 Å². The van der Waals surface area contributed by atoms with E-state index < -0.39 is 23.3 Å². The van der Waals surface area contributed by atoms with Gasteiger partial charge < -0.3 is 20.5 Å². The Morgan fingerprint density at radius 3 is 2.29 bits per heavy atom. The maximum atomic E-state index is 11.5. The van der Waals surface area contributed by atoms with Crippen molar-refractivity contribution in [2.24, 2.45) is 0 Å². The molecule has 0 aromatic rings. The van der Waals surface area contributed by atoms with Gasteiger partial charge in [-0.1, -0.05) is 6.58 Å². The third-order valence-electron chi connectivity index (χ3n) is 1.80. The first-order valence-electron chi connectivity index (χ1n) is 4.72. The van der Waals surface area contributed by atoms with E-state index in [4.69, 9.17) is 0 Å². The van der Waals surface area contributed by atoms with Crippen molar-refractivity contribution in [2.75, 3.05) is 6.54 Å². The Morgan fingerprint density at radius 2 is 1.88 bits per heavy atom. The molecule has 0 saturated heterocycles. The standard InChI is InChI=1S/C10H16N2O4.Na/c1-4-7(13)12-10(2,3)9(16)11-6-5-8(14)15;/h4H,1,5-6H2,2-3H3,(H,11,16)(H,12,13)(H,14,15);/q;+1/p-1. The quantitative estimate of drug-likeness (QED) is 0.366. The van der Waals surface area contributed by atoms with Crippen LogP contribution in [0.2, 0.25) is 0 Å². The summed E-state index contributed by atoms with van der Waals surface area (Å²) in [6, 6.07) is 0. The molecule has 0 aliphatic heterocycles. The Labute approximate surface area is 122 Å². The molecule has 0 saturated carbocycles. The minimum Gasteiger partial charge on any atom is -0.550 e. The van der Waals surface area contributed by atoms with E-state index in [-0.39, 0.29) is 42.5 Å². The van der Waals surface area contributed by atoms with Gasteiger partial charge in [-0.3, -0.25) is 9.59 Å². The summed E-state index contributed by atoms with van der Waals surface area (Å²) in [5, 5.41) is 14.9. The van der Waals surface area contributed by atoms with Gasteiger partial charge in [0, 0.05) is 18.9 Å². The molecule has 2 N–H and O–H groups in total. The van der Waals surface area contributed by atoms with Crippen molar-refractivity contribution >= 4 is 17.8 Å². The molecule has 0 radical (unpaired) electrons. The molecule has 0 aliphatic rings. The molecule has 0 heterocycles. The molecule has 2 amide bonds. The summed E-state index contributed by atoms with van der Waals surface area (Å²) in [5.74, 6) is -2.18. The average molecular weight is 250 g/mol. The Bertz CT molecular complexity index is 315. The van der Waals surface area contributed by atoms with Crippen LogP contribution < -0.4 is 45.3 Å². The number of rotatable bonds is 6. The van der Waals surface area contributed by atoms with Gasteiger partial charge in [0.25, 0.3) is 0 Å². The molecular weight excluding hydrogens is 235 g/mol. The van der Waals surface area contributed by atoms with Crippen LogP contribution in [-0.4, -0.2) is 29.9 Å². The van der Waals surface area contributed by atoms with Crippen LogP contribution in [0, 0.1) is 0 Å². The third kappa shape index (κ3) is 7.95. The second-order valence-corrected chi connectivity index (χ2v) is 3.70. The SMILES string of the molecule is C=CC(=O)NC(C)(C)C(=O)NCCC(=O)[O-].[Na+]. The van der Waals surface area contributed by atoms with E-state index >= 15 is 0 Å². The van der Waals surface area contributed by atoms with Crippen LogP contribution in [0.1, 0.15) is 20.3 Å². The molecule has 0 aliphatic carbocycles. The number of carbonyl (C=O) groups excluding carboxylic acids is 3. The smallest absolute Gasteiger partial charge is 0.550 e. The number of hydrogen-bond donors (Lipinski definition) is 2. The fourth-order valence-corrected chi connectivity index (χ4v) is 0.915. The molecule has 0 aromatic carbocycles. The molecule has 0 bridgehead atoms. The van der Waals surface area contributed by atoms with Gasteiger partial charge in [-0.15, -0.1) is 0 Å². The van der Waals surface area contributed by atoms with Crippen LogP contribution in [0.15, 0.2) is 12.7 Å². The zero-order valence-corrected chi connectivity index (χ0v) is 12.3. The Kier molecular flexibility index (Phi) is 9.01. The monoisotopic (exact) mass is 250 g/mol. The molecule has 6 nitrogen and oxygen atoms in total. The van der Waals surface area contributed by atoms with E-state index in [1.54, 1.807) is 0 Å². The number of carboxylic acid groups (broad SMARTS) is 1. The van der Waals surface area contributed by atoms with Crippen molar-refractivity contribution < 1.29 is 49.0 Å². The molecule has 0 rings (SSSR count). The maximum Gasteiger partial charge on any atom is 1.00 e. The van der Waals surface area contributed by atoms with E-state index in [0.29, 0.717) is 0 Å². The fourth-order valence-electron chi connectivity index (χ4n) is 0.915. The van der Waals surface area contributed by atoms with Gasteiger partial charge in [-0.05, 0) is 19.9 Å². The molecule has 0 fully saturated rings. The van der Waals surface area contributed by atoms with Gasteiger partial charge in [0.15, 0.2) is 0 Å². The largest absolute Gasteiger partial charge is 1.00 e. The van der Waals surface area contributed by atoms with E-state index in [1.165, 1.54) is 13.8 Å². The van der Waals surface area contributed by atoms with Gasteiger partial charge >= 0.3 is 29.6 Å².